The van der Waals surface area contributed by atoms with Gasteiger partial charge in [-0.15, -0.1) is 0 Å². The summed E-state index contributed by atoms with van der Waals surface area (Å²) in [7, 11) is 0. The molecule has 0 aliphatic heterocycles. The van der Waals surface area contributed by atoms with E-state index in [0.717, 1.165) is 25.9 Å². The second kappa shape index (κ2) is 30.3. The molecule has 0 aromatic rings. The Morgan fingerprint density at radius 3 is 0.794 bits per heavy atom. The SMILES string of the molecule is CCCCCCCCCCCCCCCCCCNC(=O)NCCCCCCCCCCCC. The van der Waals surface area contributed by atoms with Crippen molar-refractivity contribution >= 4 is 6.03 Å². The standard InChI is InChI=1S/C31H64N2O/c1-3-5-7-9-11-13-15-16-17-18-19-20-22-24-26-28-30-33-31(34)32-29-27-25-23-21-14-12-10-8-6-4-2/h3-30H2,1-2H3,(H2,32,33,34). The summed E-state index contributed by atoms with van der Waals surface area (Å²) < 4.78 is 0. The average molecular weight is 481 g/mol. The molecule has 2 amide bonds. The van der Waals surface area contributed by atoms with Gasteiger partial charge >= 0.3 is 6.03 Å². The first-order valence-electron chi connectivity index (χ1n) is 15.8. The lowest BCUT2D eigenvalue weighted by atomic mass is 10.0. The van der Waals surface area contributed by atoms with Gasteiger partial charge in [0, 0.05) is 13.1 Å². The molecule has 0 aliphatic rings. The van der Waals surface area contributed by atoms with Crippen LogP contribution < -0.4 is 10.6 Å². The smallest absolute Gasteiger partial charge is 0.314 e. The molecule has 0 unspecified atom stereocenters. The third-order valence-electron chi connectivity index (χ3n) is 7.13. The third-order valence-corrected chi connectivity index (χ3v) is 7.13. The van der Waals surface area contributed by atoms with E-state index >= 15 is 0 Å². The summed E-state index contributed by atoms with van der Waals surface area (Å²) in [5.41, 5.74) is 0. The van der Waals surface area contributed by atoms with Gasteiger partial charge in [-0.3, -0.25) is 0 Å². The number of carbonyl (C=O) groups excluding carboxylic acids is 1. The van der Waals surface area contributed by atoms with Gasteiger partial charge in [0.05, 0.1) is 0 Å². The number of unbranched alkanes of at least 4 members (excludes halogenated alkanes) is 24. The van der Waals surface area contributed by atoms with E-state index in [-0.39, 0.29) is 6.03 Å². The van der Waals surface area contributed by atoms with Crippen molar-refractivity contribution in [2.24, 2.45) is 0 Å². The molecule has 0 fully saturated rings. The van der Waals surface area contributed by atoms with Crippen LogP contribution in [0.25, 0.3) is 0 Å². The number of carbonyl (C=O) groups is 1. The number of rotatable bonds is 28. The summed E-state index contributed by atoms with van der Waals surface area (Å²) in [4.78, 5) is 11.8. The monoisotopic (exact) mass is 481 g/mol. The number of amides is 2. The highest BCUT2D eigenvalue weighted by molar-refractivity contribution is 5.73. The van der Waals surface area contributed by atoms with Crippen LogP contribution >= 0.6 is 0 Å². The van der Waals surface area contributed by atoms with Crippen LogP contribution in [0.3, 0.4) is 0 Å². The van der Waals surface area contributed by atoms with Gasteiger partial charge in [0.15, 0.2) is 0 Å². The molecule has 34 heavy (non-hydrogen) atoms. The van der Waals surface area contributed by atoms with E-state index in [4.69, 9.17) is 0 Å². The lowest BCUT2D eigenvalue weighted by Crippen LogP contribution is -2.36. The Labute approximate surface area is 215 Å². The highest BCUT2D eigenvalue weighted by Gasteiger charge is 1.99. The molecule has 0 spiro atoms. The molecule has 0 saturated carbocycles. The summed E-state index contributed by atoms with van der Waals surface area (Å²) in [5.74, 6) is 0. The maximum absolute atomic E-state index is 11.8. The first-order chi connectivity index (χ1) is 16.8. The Kier molecular flexibility index (Phi) is 29.7. The van der Waals surface area contributed by atoms with Crippen LogP contribution in [-0.2, 0) is 0 Å². The zero-order valence-electron chi connectivity index (χ0n) is 23.7. The van der Waals surface area contributed by atoms with E-state index < -0.39 is 0 Å². The molecule has 0 atom stereocenters. The maximum Gasteiger partial charge on any atom is 0.314 e. The minimum atomic E-state index is 0.0249. The normalized spacial score (nSPS) is 11.1. The fourth-order valence-corrected chi connectivity index (χ4v) is 4.75. The van der Waals surface area contributed by atoms with Crippen molar-refractivity contribution in [3.63, 3.8) is 0 Å². The molecule has 0 aliphatic carbocycles. The molecule has 0 radical (unpaired) electrons. The fraction of sp³-hybridized carbons (Fsp3) is 0.968. The Morgan fingerprint density at radius 1 is 0.353 bits per heavy atom. The topological polar surface area (TPSA) is 41.1 Å². The van der Waals surface area contributed by atoms with Crippen LogP contribution in [-0.4, -0.2) is 19.1 Å². The van der Waals surface area contributed by atoms with Crippen molar-refractivity contribution in [2.45, 2.75) is 181 Å². The fourth-order valence-electron chi connectivity index (χ4n) is 4.75. The van der Waals surface area contributed by atoms with Crippen molar-refractivity contribution in [3.8, 4) is 0 Å². The van der Waals surface area contributed by atoms with Gasteiger partial charge in [-0.05, 0) is 12.8 Å². The van der Waals surface area contributed by atoms with Crippen molar-refractivity contribution in [1.29, 1.82) is 0 Å². The molecule has 0 aromatic heterocycles. The second-order valence-electron chi connectivity index (χ2n) is 10.7. The van der Waals surface area contributed by atoms with Gasteiger partial charge in [-0.1, -0.05) is 168 Å². The largest absolute Gasteiger partial charge is 0.338 e. The number of hydrogen-bond acceptors (Lipinski definition) is 1. The zero-order valence-corrected chi connectivity index (χ0v) is 23.7. The predicted octanol–water partition coefficient (Wildman–Crippen LogP) is 10.5. The molecule has 3 nitrogen and oxygen atoms in total. The van der Waals surface area contributed by atoms with Crippen LogP contribution in [0, 0.1) is 0 Å². The van der Waals surface area contributed by atoms with Gasteiger partial charge in [0.25, 0.3) is 0 Å². The number of nitrogens with one attached hydrogen (secondary N) is 2. The van der Waals surface area contributed by atoms with Gasteiger partial charge in [-0.25, -0.2) is 4.79 Å². The van der Waals surface area contributed by atoms with E-state index in [2.05, 4.69) is 24.5 Å². The molecular formula is C31H64N2O. The Morgan fingerprint density at radius 2 is 0.559 bits per heavy atom. The molecule has 0 rings (SSSR count). The summed E-state index contributed by atoms with van der Waals surface area (Å²) in [5, 5.41) is 6.03. The zero-order chi connectivity index (χ0) is 24.8. The number of hydrogen-bond donors (Lipinski definition) is 2. The minimum Gasteiger partial charge on any atom is -0.338 e. The predicted molar refractivity (Wildman–Crippen MR) is 153 cm³/mol. The lowest BCUT2D eigenvalue weighted by Gasteiger charge is -2.08. The summed E-state index contributed by atoms with van der Waals surface area (Å²) in [6, 6.07) is 0.0249. The molecule has 0 aromatic carbocycles. The third kappa shape index (κ3) is 29.3. The van der Waals surface area contributed by atoms with Crippen LogP contribution in [0.1, 0.15) is 181 Å². The Hall–Kier alpha value is -0.730. The Balaban J connectivity index is 3.13. The van der Waals surface area contributed by atoms with Crippen LogP contribution in [0.4, 0.5) is 4.79 Å². The van der Waals surface area contributed by atoms with Gasteiger partial charge < -0.3 is 10.6 Å². The number of urea groups is 1. The van der Waals surface area contributed by atoms with Crippen LogP contribution in [0.2, 0.25) is 0 Å². The van der Waals surface area contributed by atoms with Crippen LogP contribution in [0.5, 0.6) is 0 Å². The highest BCUT2D eigenvalue weighted by Crippen LogP contribution is 2.14. The summed E-state index contributed by atoms with van der Waals surface area (Å²) in [6.07, 6.45) is 35.6. The molecule has 3 heteroatoms. The second-order valence-corrected chi connectivity index (χ2v) is 10.7. The van der Waals surface area contributed by atoms with Crippen LogP contribution in [0.15, 0.2) is 0 Å². The molecule has 2 N–H and O–H groups in total. The van der Waals surface area contributed by atoms with E-state index in [1.165, 1.54) is 154 Å². The molecule has 204 valence electrons. The van der Waals surface area contributed by atoms with Crippen molar-refractivity contribution in [3.05, 3.63) is 0 Å². The van der Waals surface area contributed by atoms with Crippen molar-refractivity contribution in [1.82, 2.24) is 10.6 Å². The van der Waals surface area contributed by atoms with E-state index in [1.54, 1.807) is 0 Å². The molecule has 0 heterocycles. The first-order valence-corrected chi connectivity index (χ1v) is 15.8. The molecule has 0 bridgehead atoms. The van der Waals surface area contributed by atoms with Gasteiger partial charge in [0.1, 0.15) is 0 Å². The summed E-state index contributed by atoms with van der Waals surface area (Å²) in [6.45, 7) is 6.21. The van der Waals surface area contributed by atoms with Crippen molar-refractivity contribution in [2.75, 3.05) is 13.1 Å². The van der Waals surface area contributed by atoms with Crippen molar-refractivity contribution < 1.29 is 4.79 Å². The first kappa shape index (κ1) is 33.3. The summed E-state index contributed by atoms with van der Waals surface area (Å²) >= 11 is 0. The molecule has 0 saturated heterocycles. The quantitative estimate of drug-likeness (QED) is 0.107. The Bertz CT molecular complexity index is 386. The van der Waals surface area contributed by atoms with E-state index in [9.17, 15) is 4.79 Å². The lowest BCUT2D eigenvalue weighted by molar-refractivity contribution is 0.240. The highest BCUT2D eigenvalue weighted by atomic mass is 16.2. The van der Waals surface area contributed by atoms with Gasteiger partial charge in [0.2, 0.25) is 0 Å². The van der Waals surface area contributed by atoms with Gasteiger partial charge in [-0.2, -0.15) is 0 Å². The average Bonchev–Trinajstić information content (AvgIpc) is 2.84. The van der Waals surface area contributed by atoms with E-state index in [0.29, 0.717) is 0 Å². The molecular weight excluding hydrogens is 416 g/mol. The van der Waals surface area contributed by atoms with E-state index in [1.807, 2.05) is 0 Å². The maximum atomic E-state index is 11.8. The minimum absolute atomic E-state index is 0.0249.